The second kappa shape index (κ2) is 6.77. The van der Waals surface area contributed by atoms with Gasteiger partial charge in [0.05, 0.1) is 19.1 Å². The van der Waals surface area contributed by atoms with Crippen LogP contribution in [0.4, 0.5) is 11.4 Å². The molecule has 0 aliphatic carbocycles. The van der Waals surface area contributed by atoms with E-state index >= 15 is 0 Å². The molecular weight excluding hydrogens is 214 g/mol. The number of hydrogen-bond acceptors (Lipinski definition) is 4. The molecular formula is C13H19N3O. The van der Waals surface area contributed by atoms with Gasteiger partial charge in [-0.25, -0.2) is 0 Å². The maximum atomic E-state index is 9.03. The number of hydrogen-bond donors (Lipinski definition) is 2. The average Bonchev–Trinajstić information content (AvgIpc) is 2.32. The lowest BCUT2D eigenvalue weighted by molar-refractivity contribution is 0.302. The second-order valence-electron chi connectivity index (χ2n) is 3.93. The Morgan fingerprint density at radius 2 is 2.18 bits per heavy atom. The minimum atomic E-state index is 0.123. The van der Waals surface area contributed by atoms with Gasteiger partial charge in [0.1, 0.15) is 0 Å². The Balaban J connectivity index is 2.95. The van der Waals surface area contributed by atoms with Gasteiger partial charge >= 0.3 is 0 Å². The molecule has 0 atom stereocenters. The van der Waals surface area contributed by atoms with Crippen LogP contribution in [0.15, 0.2) is 18.2 Å². The fourth-order valence-corrected chi connectivity index (χ4v) is 1.79. The lowest BCUT2D eigenvalue weighted by atomic mass is 10.1. The number of anilines is 2. The van der Waals surface area contributed by atoms with Crippen molar-refractivity contribution in [1.29, 1.82) is 5.26 Å². The second-order valence-corrected chi connectivity index (χ2v) is 3.93. The molecule has 0 aliphatic rings. The van der Waals surface area contributed by atoms with Gasteiger partial charge in [0.25, 0.3) is 0 Å². The predicted molar refractivity (Wildman–Crippen MR) is 69.8 cm³/mol. The van der Waals surface area contributed by atoms with E-state index < -0.39 is 0 Å². The summed E-state index contributed by atoms with van der Waals surface area (Å²) < 4.78 is 0. The molecule has 0 aromatic heterocycles. The Morgan fingerprint density at radius 3 is 2.76 bits per heavy atom. The molecule has 0 spiro atoms. The fraction of sp³-hybridized carbons (Fsp3) is 0.462. The van der Waals surface area contributed by atoms with Gasteiger partial charge in [-0.3, -0.25) is 0 Å². The molecule has 3 N–H and O–H groups in total. The number of nitriles is 1. The van der Waals surface area contributed by atoms with Crippen molar-refractivity contribution in [1.82, 2.24) is 0 Å². The van der Waals surface area contributed by atoms with Crippen molar-refractivity contribution in [3.8, 4) is 6.07 Å². The van der Waals surface area contributed by atoms with Crippen molar-refractivity contribution in [3.05, 3.63) is 23.8 Å². The molecule has 4 nitrogen and oxygen atoms in total. The normalized spacial score (nSPS) is 9.94. The summed E-state index contributed by atoms with van der Waals surface area (Å²) in [5.74, 6) is 0. The highest BCUT2D eigenvalue weighted by Gasteiger charge is 2.07. The zero-order valence-electron chi connectivity index (χ0n) is 10.2. The Hall–Kier alpha value is -1.73. The summed E-state index contributed by atoms with van der Waals surface area (Å²) in [7, 11) is 0. The third-order valence-corrected chi connectivity index (χ3v) is 2.62. The van der Waals surface area contributed by atoms with E-state index in [0.717, 1.165) is 24.2 Å². The molecule has 0 fully saturated rings. The van der Waals surface area contributed by atoms with Crippen LogP contribution in [0, 0.1) is 11.3 Å². The van der Waals surface area contributed by atoms with Crippen molar-refractivity contribution in [2.24, 2.45) is 0 Å². The number of nitrogens with two attached hydrogens (primary N) is 1. The summed E-state index contributed by atoms with van der Waals surface area (Å²) in [6.45, 7) is 3.70. The molecule has 0 saturated heterocycles. The molecule has 0 saturated carbocycles. The number of nitrogens with zero attached hydrogens (tertiary/aromatic N) is 2. The van der Waals surface area contributed by atoms with E-state index in [4.69, 9.17) is 16.1 Å². The van der Waals surface area contributed by atoms with Gasteiger partial charge in [-0.15, -0.1) is 0 Å². The Bertz CT molecular complexity index is 392. The van der Waals surface area contributed by atoms with E-state index in [0.29, 0.717) is 18.7 Å². The molecule has 0 amide bonds. The maximum absolute atomic E-state index is 9.03. The van der Waals surface area contributed by atoms with Crippen LogP contribution in [-0.4, -0.2) is 24.8 Å². The molecule has 1 aromatic rings. The minimum Gasteiger partial charge on any atom is -0.398 e. The quantitative estimate of drug-likeness (QED) is 0.731. The van der Waals surface area contributed by atoms with E-state index in [9.17, 15) is 0 Å². The zero-order valence-corrected chi connectivity index (χ0v) is 10.2. The van der Waals surface area contributed by atoms with Crippen molar-refractivity contribution < 1.29 is 5.11 Å². The van der Waals surface area contributed by atoms with E-state index in [1.165, 1.54) is 0 Å². The third kappa shape index (κ3) is 3.65. The van der Waals surface area contributed by atoms with Crippen LogP contribution in [0.25, 0.3) is 0 Å². The fourth-order valence-electron chi connectivity index (χ4n) is 1.79. The molecule has 0 bridgehead atoms. The molecule has 0 radical (unpaired) electrons. The van der Waals surface area contributed by atoms with Gasteiger partial charge in [0.15, 0.2) is 0 Å². The molecule has 1 rings (SSSR count). The van der Waals surface area contributed by atoms with Crippen LogP contribution in [0.5, 0.6) is 0 Å². The highest BCUT2D eigenvalue weighted by Crippen LogP contribution is 2.21. The first-order chi connectivity index (χ1) is 8.22. The van der Waals surface area contributed by atoms with Gasteiger partial charge in [-0.2, -0.15) is 5.26 Å². The van der Waals surface area contributed by atoms with Crippen molar-refractivity contribution in [2.75, 3.05) is 30.3 Å². The SMILES string of the molecule is CCCN(CCO)c1ccc(N)c(CC#N)c1. The van der Waals surface area contributed by atoms with Crippen molar-refractivity contribution >= 4 is 11.4 Å². The molecule has 92 valence electrons. The average molecular weight is 233 g/mol. The van der Waals surface area contributed by atoms with Crippen LogP contribution in [0.2, 0.25) is 0 Å². The van der Waals surface area contributed by atoms with Gasteiger partial charge in [0.2, 0.25) is 0 Å². The van der Waals surface area contributed by atoms with Gasteiger partial charge < -0.3 is 15.7 Å². The summed E-state index contributed by atoms with van der Waals surface area (Å²) in [4.78, 5) is 2.10. The van der Waals surface area contributed by atoms with Gasteiger partial charge in [-0.05, 0) is 30.2 Å². The third-order valence-electron chi connectivity index (χ3n) is 2.62. The molecule has 0 unspecified atom stereocenters. The first kappa shape index (κ1) is 13.3. The number of nitrogen functional groups attached to an aromatic ring is 1. The van der Waals surface area contributed by atoms with E-state index in [1.807, 2.05) is 18.2 Å². The monoisotopic (exact) mass is 233 g/mol. The van der Waals surface area contributed by atoms with E-state index in [2.05, 4.69) is 17.9 Å². The first-order valence-electron chi connectivity index (χ1n) is 5.84. The van der Waals surface area contributed by atoms with Crippen molar-refractivity contribution in [3.63, 3.8) is 0 Å². The highest BCUT2D eigenvalue weighted by atomic mass is 16.3. The smallest absolute Gasteiger partial charge is 0.0670 e. The summed E-state index contributed by atoms with van der Waals surface area (Å²) in [6.07, 6.45) is 1.33. The summed E-state index contributed by atoms with van der Waals surface area (Å²) in [6, 6.07) is 7.80. The molecule has 17 heavy (non-hydrogen) atoms. The van der Waals surface area contributed by atoms with Crippen LogP contribution in [0.3, 0.4) is 0 Å². The molecule has 0 aliphatic heterocycles. The van der Waals surface area contributed by atoms with E-state index in [-0.39, 0.29) is 6.61 Å². The maximum Gasteiger partial charge on any atom is 0.0670 e. The summed E-state index contributed by atoms with van der Waals surface area (Å²) in [5, 5.41) is 17.8. The number of rotatable bonds is 6. The summed E-state index contributed by atoms with van der Waals surface area (Å²) >= 11 is 0. The first-order valence-corrected chi connectivity index (χ1v) is 5.84. The zero-order chi connectivity index (χ0) is 12.7. The Labute approximate surface area is 102 Å². The molecule has 0 heterocycles. The Kier molecular flexibility index (Phi) is 5.31. The number of benzene rings is 1. The largest absolute Gasteiger partial charge is 0.398 e. The lowest BCUT2D eigenvalue weighted by Gasteiger charge is -2.24. The van der Waals surface area contributed by atoms with E-state index in [1.54, 1.807) is 0 Å². The Morgan fingerprint density at radius 1 is 1.41 bits per heavy atom. The molecule has 4 heteroatoms. The standard InChI is InChI=1S/C13H19N3O/c1-2-7-16(8-9-17)12-3-4-13(15)11(10-12)5-6-14/h3-4,10,17H,2,5,7-9,15H2,1H3. The molecule has 1 aromatic carbocycles. The van der Waals surface area contributed by atoms with Crippen LogP contribution in [-0.2, 0) is 6.42 Å². The highest BCUT2D eigenvalue weighted by molar-refractivity contribution is 5.59. The topological polar surface area (TPSA) is 73.3 Å². The lowest BCUT2D eigenvalue weighted by Crippen LogP contribution is -2.27. The summed E-state index contributed by atoms with van der Waals surface area (Å²) in [5.41, 5.74) is 8.32. The number of aliphatic hydroxyl groups excluding tert-OH is 1. The van der Waals surface area contributed by atoms with Crippen LogP contribution >= 0.6 is 0 Å². The van der Waals surface area contributed by atoms with Crippen LogP contribution in [0.1, 0.15) is 18.9 Å². The van der Waals surface area contributed by atoms with Crippen molar-refractivity contribution in [2.45, 2.75) is 19.8 Å². The van der Waals surface area contributed by atoms with Gasteiger partial charge in [-0.1, -0.05) is 6.92 Å². The van der Waals surface area contributed by atoms with Crippen LogP contribution < -0.4 is 10.6 Å². The van der Waals surface area contributed by atoms with Gasteiger partial charge in [0, 0.05) is 24.5 Å². The minimum absolute atomic E-state index is 0.123. The predicted octanol–water partition coefficient (Wildman–Crippen LogP) is 1.54. The number of aliphatic hydroxyl groups is 1.